The molecule has 0 spiro atoms. The summed E-state index contributed by atoms with van der Waals surface area (Å²) in [5.41, 5.74) is 2.57. The lowest BCUT2D eigenvalue weighted by molar-refractivity contribution is 0.0948. The Morgan fingerprint density at radius 2 is 1.69 bits per heavy atom. The first-order valence-corrected chi connectivity index (χ1v) is 11.1. The smallest absolute Gasteiger partial charge is 0.261 e. The van der Waals surface area contributed by atoms with Crippen LogP contribution in [0, 0.1) is 0 Å². The van der Waals surface area contributed by atoms with E-state index in [1.807, 2.05) is 37.3 Å². The van der Waals surface area contributed by atoms with E-state index in [1.165, 1.54) is 0 Å². The molecule has 3 aromatic rings. The number of carbonyl (C=O) groups excluding carboxylic acids is 2. The maximum absolute atomic E-state index is 12.6. The van der Waals surface area contributed by atoms with Crippen molar-refractivity contribution in [3.63, 3.8) is 0 Å². The topological polar surface area (TPSA) is 79.5 Å². The van der Waals surface area contributed by atoms with Gasteiger partial charge in [0, 0.05) is 22.3 Å². The van der Waals surface area contributed by atoms with Gasteiger partial charge in [-0.15, -0.1) is 0 Å². The van der Waals surface area contributed by atoms with Gasteiger partial charge in [0.2, 0.25) is 0 Å². The SMILES string of the molecule is CCOc1ccc(Br)cc1C(=O)NC(=S)Nc1ccc(C(=O)NCc2ccccc2)cc1. The predicted octanol–water partition coefficient (Wildman–Crippen LogP) is 4.90. The third-order valence-electron chi connectivity index (χ3n) is 4.41. The Morgan fingerprint density at radius 3 is 2.38 bits per heavy atom. The van der Waals surface area contributed by atoms with Crippen molar-refractivity contribution in [3.05, 3.63) is 94.0 Å². The number of hydrogen-bond acceptors (Lipinski definition) is 4. The summed E-state index contributed by atoms with van der Waals surface area (Å²) in [6.45, 7) is 2.74. The van der Waals surface area contributed by atoms with E-state index < -0.39 is 0 Å². The van der Waals surface area contributed by atoms with E-state index >= 15 is 0 Å². The minimum Gasteiger partial charge on any atom is -0.493 e. The molecule has 164 valence electrons. The summed E-state index contributed by atoms with van der Waals surface area (Å²) in [6, 6.07) is 21.7. The van der Waals surface area contributed by atoms with Crippen LogP contribution in [0.4, 0.5) is 5.69 Å². The van der Waals surface area contributed by atoms with Gasteiger partial charge in [0.1, 0.15) is 5.75 Å². The van der Waals surface area contributed by atoms with Gasteiger partial charge in [-0.1, -0.05) is 46.3 Å². The van der Waals surface area contributed by atoms with Crippen LogP contribution in [0.25, 0.3) is 0 Å². The summed E-state index contributed by atoms with van der Waals surface area (Å²) in [4.78, 5) is 25.0. The molecule has 0 radical (unpaired) electrons. The van der Waals surface area contributed by atoms with Crippen LogP contribution in [0.1, 0.15) is 33.2 Å². The molecule has 6 nitrogen and oxygen atoms in total. The number of benzene rings is 3. The highest BCUT2D eigenvalue weighted by atomic mass is 79.9. The molecule has 0 aliphatic rings. The first-order valence-electron chi connectivity index (χ1n) is 9.93. The van der Waals surface area contributed by atoms with Crippen LogP contribution in [-0.2, 0) is 6.54 Å². The largest absolute Gasteiger partial charge is 0.493 e. The molecule has 0 saturated heterocycles. The lowest BCUT2D eigenvalue weighted by atomic mass is 10.1. The molecule has 2 amide bonds. The Morgan fingerprint density at radius 1 is 0.969 bits per heavy atom. The van der Waals surface area contributed by atoms with Gasteiger partial charge in [0.15, 0.2) is 5.11 Å². The molecule has 3 rings (SSSR count). The Labute approximate surface area is 200 Å². The van der Waals surface area contributed by atoms with Gasteiger partial charge in [0.05, 0.1) is 12.2 Å². The number of hydrogen-bond donors (Lipinski definition) is 3. The van der Waals surface area contributed by atoms with E-state index in [0.29, 0.717) is 35.7 Å². The van der Waals surface area contributed by atoms with Crippen molar-refractivity contribution in [3.8, 4) is 5.75 Å². The summed E-state index contributed by atoms with van der Waals surface area (Å²) < 4.78 is 6.27. The summed E-state index contributed by atoms with van der Waals surface area (Å²) in [7, 11) is 0. The molecule has 3 aromatic carbocycles. The third kappa shape index (κ3) is 6.63. The number of amides is 2. The molecule has 0 unspecified atom stereocenters. The normalized spacial score (nSPS) is 10.2. The van der Waals surface area contributed by atoms with Gasteiger partial charge in [0.25, 0.3) is 11.8 Å². The van der Waals surface area contributed by atoms with Crippen molar-refractivity contribution in [1.29, 1.82) is 0 Å². The zero-order valence-corrected chi connectivity index (χ0v) is 19.8. The van der Waals surface area contributed by atoms with E-state index in [-0.39, 0.29) is 16.9 Å². The van der Waals surface area contributed by atoms with E-state index in [2.05, 4.69) is 31.9 Å². The monoisotopic (exact) mass is 511 g/mol. The summed E-state index contributed by atoms with van der Waals surface area (Å²) >= 11 is 8.62. The average molecular weight is 512 g/mol. The van der Waals surface area contributed by atoms with Gasteiger partial charge in [-0.2, -0.15) is 0 Å². The predicted molar refractivity (Wildman–Crippen MR) is 133 cm³/mol. The van der Waals surface area contributed by atoms with Gasteiger partial charge >= 0.3 is 0 Å². The fourth-order valence-electron chi connectivity index (χ4n) is 2.88. The number of ether oxygens (including phenoxy) is 1. The number of rotatable bonds is 7. The lowest BCUT2D eigenvalue weighted by Gasteiger charge is -2.13. The Balaban J connectivity index is 1.56. The second-order valence-corrected chi connectivity index (χ2v) is 8.05. The molecule has 0 bridgehead atoms. The van der Waals surface area contributed by atoms with Crippen LogP contribution >= 0.6 is 28.1 Å². The molecule has 0 aromatic heterocycles. The number of halogens is 1. The number of carbonyl (C=O) groups is 2. The molecule has 0 aliphatic heterocycles. The second kappa shape index (κ2) is 11.4. The average Bonchev–Trinajstić information content (AvgIpc) is 2.80. The van der Waals surface area contributed by atoms with Gasteiger partial charge in [-0.3, -0.25) is 14.9 Å². The summed E-state index contributed by atoms with van der Waals surface area (Å²) in [6.07, 6.45) is 0. The minimum absolute atomic E-state index is 0.138. The van der Waals surface area contributed by atoms with Crippen LogP contribution in [-0.4, -0.2) is 23.5 Å². The van der Waals surface area contributed by atoms with Crippen LogP contribution in [0.2, 0.25) is 0 Å². The number of thiocarbonyl (C=S) groups is 1. The summed E-state index contributed by atoms with van der Waals surface area (Å²) in [5, 5.41) is 8.62. The number of anilines is 1. The molecule has 0 atom stereocenters. The molecule has 0 heterocycles. The first kappa shape index (κ1) is 23.4. The quantitative estimate of drug-likeness (QED) is 0.393. The fraction of sp³-hybridized carbons (Fsp3) is 0.125. The van der Waals surface area contributed by atoms with Crippen LogP contribution in [0.3, 0.4) is 0 Å². The Bertz CT molecular complexity index is 1110. The van der Waals surface area contributed by atoms with Crippen molar-refractivity contribution in [2.24, 2.45) is 0 Å². The molecule has 0 fully saturated rings. The third-order valence-corrected chi connectivity index (χ3v) is 5.11. The highest BCUT2D eigenvalue weighted by Crippen LogP contribution is 2.23. The van der Waals surface area contributed by atoms with Gasteiger partial charge < -0.3 is 15.4 Å². The molecular formula is C24H22BrN3O3S. The van der Waals surface area contributed by atoms with Crippen molar-refractivity contribution in [2.75, 3.05) is 11.9 Å². The molecule has 0 aliphatic carbocycles. The second-order valence-electron chi connectivity index (χ2n) is 6.73. The highest BCUT2D eigenvalue weighted by Gasteiger charge is 2.15. The summed E-state index contributed by atoms with van der Waals surface area (Å²) in [5.74, 6) is -0.0829. The molecule has 0 saturated carbocycles. The lowest BCUT2D eigenvalue weighted by Crippen LogP contribution is -2.34. The van der Waals surface area contributed by atoms with Crippen LogP contribution in [0.5, 0.6) is 5.75 Å². The van der Waals surface area contributed by atoms with E-state index in [1.54, 1.807) is 42.5 Å². The Hall–Kier alpha value is -3.23. The molecule has 32 heavy (non-hydrogen) atoms. The maximum atomic E-state index is 12.6. The van der Waals surface area contributed by atoms with Crippen LogP contribution < -0.4 is 20.7 Å². The van der Waals surface area contributed by atoms with E-state index in [4.69, 9.17) is 17.0 Å². The van der Waals surface area contributed by atoms with Crippen molar-refractivity contribution >= 4 is 50.8 Å². The number of nitrogens with one attached hydrogen (secondary N) is 3. The van der Waals surface area contributed by atoms with Crippen molar-refractivity contribution in [1.82, 2.24) is 10.6 Å². The van der Waals surface area contributed by atoms with Crippen molar-refractivity contribution < 1.29 is 14.3 Å². The molecule has 8 heteroatoms. The van der Waals surface area contributed by atoms with Gasteiger partial charge in [-0.25, -0.2) is 0 Å². The minimum atomic E-state index is -0.385. The standard InChI is InChI=1S/C24H22BrN3O3S/c1-2-31-21-13-10-18(25)14-20(21)23(30)28-24(32)27-19-11-8-17(9-12-19)22(29)26-15-16-6-4-3-5-7-16/h3-14H,2,15H2,1H3,(H,26,29)(H2,27,28,30,32). The Kier molecular flexibility index (Phi) is 8.35. The van der Waals surface area contributed by atoms with E-state index in [0.717, 1.165) is 10.0 Å². The zero-order chi connectivity index (χ0) is 22.9. The molecular weight excluding hydrogens is 490 g/mol. The van der Waals surface area contributed by atoms with E-state index in [9.17, 15) is 9.59 Å². The fourth-order valence-corrected chi connectivity index (χ4v) is 3.45. The molecule has 3 N–H and O–H groups in total. The van der Waals surface area contributed by atoms with Crippen LogP contribution in [0.15, 0.2) is 77.3 Å². The van der Waals surface area contributed by atoms with Crippen molar-refractivity contribution in [2.45, 2.75) is 13.5 Å². The first-order chi connectivity index (χ1) is 15.5. The van der Waals surface area contributed by atoms with Gasteiger partial charge in [-0.05, 0) is 67.2 Å². The zero-order valence-electron chi connectivity index (χ0n) is 17.4. The highest BCUT2D eigenvalue weighted by molar-refractivity contribution is 9.10. The maximum Gasteiger partial charge on any atom is 0.261 e.